The maximum atomic E-state index is 11.6. The van der Waals surface area contributed by atoms with Crippen molar-refractivity contribution in [2.45, 2.75) is 32.7 Å². The van der Waals surface area contributed by atoms with Gasteiger partial charge in [-0.2, -0.15) is 0 Å². The molecule has 6 nitrogen and oxygen atoms in total. The third-order valence-electron chi connectivity index (χ3n) is 4.31. The predicted octanol–water partition coefficient (Wildman–Crippen LogP) is 1.51. The first kappa shape index (κ1) is 13.1. The second-order valence-electron chi connectivity index (χ2n) is 5.43. The molecular formula is C14H20N4O2. The van der Waals surface area contributed by atoms with Crippen molar-refractivity contribution < 1.29 is 9.53 Å². The van der Waals surface area contributed by atoms with Crippen LogP contribution < -0.4 is 4.90 Å². The Bertz CT molecular complexity index is 512. The average Bonchev–Trinajstić information content (AvgIpc) is 2.88. The Balaban J connectivity index is 1.66. The zero-order valence-electron chi connectivity index (χ0n) is 12.0. The van der Waals surface area contributed by atoms with Crippen LogP contribution in [0.4, 0.5) is 10.6 Å². The van der Waals surface area contributed by atoms with E-state index in [0.717, 1.165) is 49.6 Å². The van der Waals surface area contributed by atoms with E-state index in [1.165, 1.54) is 0 Å². The van der Waals surface area contributed by atoms with E-state index in [9.17, 15) is 4.79 Å². The maximum absolute atomic E-state index is 11.6. The summed E-state index contributed by atoms with van der Waals surface area (Å²) in [5.74, 6) is 1.03. The monoisotopic (exact) mass is 276 g/mol. The maximum Gasteiger partial charge on any atom is 0.410 e. The molecule has 0 bridgehead atoms. The molecule has 0 N–H and O–H groups in total. The van der Waals surface area contributed by atoms with Gasteiger partial charge in [-0.3, -0.25) is 0 Å². The van der Waals surface area contributed by atoms with Gasteiger partial charge in [0.2, 0.25) is 0 Å². The van der Waals surface area contributed by atoms with Crippen molar-refractivity contribution in [3.8, 4) is 0 Å². The van der Waals surface area contributed by atoms with Gasteiger partial charge in [0.05, 0.1) is 6.54 Å². The Morgan fingerprint density at radius 2 is 1.95 bits per heavy atom. The van der Waals surface area contributed by atoms with Gasteiger partial charge in [-0.1, -0.05) is 0 Å². The smallest absolute Gasteiger partial charge is 0.410 e. The normalized spacial score (nSPS) is 20.4. The van der Waals surface area contributed by atoms with Crippen molar-refractivity contribution >= 4 is 11.9 Å². The second-order valence-corrected chi connectivity index (χ2v) is 5.43. The van der Waals surface area contributed by atoms with Gasteiger partial charge in [0, 0.05) is 30.4 Å². The zero-order valence-corrected chi connectivity index (χ0v) is 12.0. The van der Waals surface area contributed by atoms with Crippen LogP contribution in [0.25, 0.3) is 0 Å². The van der Waals surface area contributed by atoms with Crippen LogP contribution in [-0.2, 0) is 4.74 Å². The number of aromatic nitrogens is 2. The molecule has 20 heavy (non-hydrogen) atoms. The Morgan fingerprint density at radius 1 is 1.20 bits per heavy atom. The number of piperidine rings is 1. The van der Waals surface area contributed by atoms with E-state index < -0.39 is 0 Å². The standard InChI is InChI=1S/C14H20N4O2/c1-10-11(2)15-9-16-13(10)17-5-3-12(4-6-17)18-7-8-20-14(18)19/h9,12H,3-8H2,1-2H3. The van der Waals surface area contributed by atoms with Gasteiger partial charge in [0.1, 0.15) is 18.8 Å². The van der Waals surface area contributed by atoms with Crippen molar-refractivity contribution in [2.75, 3.05) is 31.1 Å². The number of aryl methyl sites for hydroxylation is 1. The van der Waals surface area contributed by atoms with Gasteiger partial charge in [0.25, 0.3) is 0 Å². The first-order chi connectivity index (χ1) is 9.66. The minimum atomic E-state index is -0.155. The molecule has 2 saturated heterocycles. The molecule has 2 fully saturated rings. The minimum Gasteiger partial charge on any atom is -0.448 e. The van der Waals surface area contributed by atoms with Crippen molar-refractivity contribution in [1.82, 2.24) is 14.9 Å². The fourth-order valence-corrected chi connectivity index (χ4v) is 2.97. The van der Waals surface area contributed by atoms with Gasteiger partial charge in [-0.05, 0) is 26.7 Å². The molecule has 0 unspecified atom stereocenters. The van der Waals surface area contributed by atoms with Gasteiger partial charge in [0.15, 0.2) is 0 Å². The lowest BCUT2D eigenvalue weighted by atomic mass is 10.0. The van der Waals surface area contributed by atoms with E-state index >= 15 is 0 Å². The van der Waals surface area contributed by atoms with E-state index in [-0.39, 0.29) is 6.09 Å². The Hall–Kier alpha value is -1.85. The Labute approximate surface area is 118 Å². The highest BCUT2D eigenvalue weighted by Crippen LogP contribution is 2.25. The second kappa shape index (κ2) is 5.26. The topological polar surface area (TPSA) is 58.6 Å². The van der Waals surface area contributed by atoms with E-state index in [0.29, 0.717) is 12.6 Å². The average molecular weight is 276 g/mol. The Kier molecular flexibility index (Phi) is 3.46. The fraction of sp³-hybridized carbons (Fsp3) is 0.643. The lowest BCUT2D eigenvalue weighted by molar-refractivity contribution is 0.142. The molecule has 1 amide bonds. The van der Waals surface area contributed by atoms with Gasteiger partial charge in [-0.25, -0.2) is 14.8 Å². The van der Waals surface area contributed by atoms with Crippen molar-refractivity contribution in [1.29, 1.82) is 0 Å². The molecule has 0 radical (unpaired) electrons. The number of cyclic esters (lactones) is 1. The molecule has 0 aliphatic carbocycles. The number of hydrogen-bond donors (Lipinski definition) is 0. The minimum absolute atomic E-state index is 0.155. The molecule has 0 atom stereocenters. The van der Waals surface area contributed by atoms with Crippen LogP contribution in [-0.4, -0.2) is 53.2 Å². The number of carbonyl (C=O) groups is 1. The summed E-state index contributed by atoms with van der Waals surface area (Å²) in [6.45, 7) is 7.18. The summed E-state index contributed by atoms with van der Waals surface area (Å²) < 4.78 is 5.02. The number of amides is 1. The third kappa shape index (κ3) is 2.30. The van der Waals surface area contributed by atoms with Gasteiger partial charge >= 0.3 is 6.09 Å². The molecule has 1 aromatic rings. The number of rotatable bonds is 2. The summed E-state index contributed by atoms with van der Waals surface area (Å²) >= 11 is 0. The SMILES string of the molecule is Cc1ncnc(N2CCC(N3CCOC3=O)CC2)c1C. The molecular weight excluding hydrogens is 256 g/mol. The van der Waals surface area contributed by atoms with Gasteiger partial charge < -0.3 is 14.5 Å². The van der Waals surface area contributed by atoms with E-state index in [1.54, 1.807) is 6.33 Å². The van der Waals surface area contributed by atoms with Crippen LogP contribution in [0.2, 0.25) is 0 Å². The lowest BCUT2D eigenvalue weighted by Gasteiger charge is -2.36. The summed E-state index contributed by atoms with van der Waals surface area (Å²) in [5.41, 5.74) is 2.17. The molecule has 108 valence electrons. The molecule has 2 aliphatic heterocycles. The van der Waals surface area contributed by atoms with Crippen molar-refractivity contribution in [3.63, 3.8) is 0 Å². The van der Waals surface area contributed by atoms with Crippen LogP contribution in [0.3, 0.4) is 0 Å². The molecule has 0 saturated carbocycles. The van der Waals surface area contributed by atoms with E-state index in [2.05, 4.69) is 21.8 Å². The first-order valence-electron chi connectivity index (χ1n) is 7.13. The Morgan fingerprint density at radius 3 is 2.60 bits per heavy atom. The highest BCUT2D eigenvalue weighted by atomic mass is 16.6. The van der Waals surface area contributed by atoms with Crippen LogP contribution in [0.5, 0.6) is 0 Å². The van der Waals surface area contributed by atoms with E-state index in [1.807, 2.05) is 11.8 Å². The first-order valence-corrected chi connectivity index (χ1v) is 7.13. The highest BCUT2D eigenvalue weighted by Gasteiger charge is 2.32. The van der Waals surface area contributed by atoms with Crippen LogP contribution in [0, 0.1) is 13.8 Å². The third-order valence-corrected chi connectivity index (χ3v) is 4.31. The van der Waals surface area contributed by atoms with Crippen LogP contribution in [0.1, 0.15) is 24.1 Å². The summed E-state index contributed by atoms with van der Waals surface area (Å²) in [4.78, 5) is 24.4. The largest absolute Gasteiger partial charge is 0.448 e. The molecule has 1 aromatic heterocycles. The number of carbonyl (C=O) groups excluding carboxylic acids is 1. The fourth-order valence-electron chi connectivity index (χ4n) is 2.97. The number of hydrogen-bond acceptors (Lipinski definition) is 5. The summed E-state index contributed by atoms with van der Waals surface area (Å²) in [6, 6.07) is 0.310. The summed E-state index contributed by atoms with van der Waals surface area (Å²) in [5, 5.41) is 0. The number of ether oxygens (including phenoxy) is 1. The summed E-state index contributed by atoms with van der Waals surface area (Å²) in [7, 11) is 0. The molecule has 3 heterocycles. The molecule has 0 spiro atoms. The zero-order chi connectivity index (χ0) is 14.1. The molecule has 3 rings (SSSR count). The van der Waals surface area contributed by atoms with Crippen LogP contribution in [0.15, 0.2) is 6.33 Å². The van der Waals surface area contributed by atoms with E-state index in [4.69, 9.17) is 4.74 Å². The number of anilines is 1. The number of nitrogens with zero attached hydrogens (tertiary/aromatic N) is 4. The van der Waals surface area contributed by atoms with Crippen molar-refractivity contribution in [3.05, 3.63) is 17.6 Å². The molecule has 0 aromatic carbocycles. The quantitative estimate of drug-likeness (QED) is 0.819. The van der Waals surface area contributed by atoms with Gasteiger partial charge in [-0.15, -0.1) is 0 Å². The lowest BCUT2D eigenvalue weighted by Crippen LogP contribution is -2.45. The van der Waals surface area contributed by atoms with Crippen LogP contribution >= 0.6 is 0 Å². The highest BCUT2D eigenvalue weighted by molar-refractivity contribution is 5.69. The molecule has 6 heteroatoms. The van der Waals surface area contributed by atoms with Crippen molar-refractivity contribution in [2.24, 2.45) is 0 Å². The summed E-state index contributed by atoms with van der Waals surface area (Å²) in [6.07, 6.45) is 3.41. The predicted molar refractivity (Wildman–Crippen MR) is 74.8 cm³/mol. The molecule has 2 aliphatic rings.